The Morgan fingerprint density at radius 2 is 1.13 bits per heavy atom. The fourth-order valence-corrected chi connectivity index (χ4v) is 5.61. The molecule has 3 aliphatic rings. The summed E-state index contributed by atoms with van der Waals surface area (Å²) in [5.74, 6) is 1.63. The smallest absolute Gasteiger partial charge is 0.144 e. The molecule has 0 spiro atoms. The summed E-state index contributed by atoms with van der Waals surface area (Å²) in [6.07, 6.45) is 9.08. The Hall–Kier alpha value is -4.40. The molecule has 47 heavy (non-hydrogen) atoms. The molecule has 4 aromatic rings. The van der Waals surface area contributed by atoms with Crippen molar-refractivity contribution in [3.63, 3.8) is 0 Å². The SMILES string of the molecule is CC1=C(C)N(c2[c-]cccc2)[CH-]N1CCCCN1[CH-]N(c2[c-]cccc2)C(C)=C1C.CN1[CH-]N(c2[c-]ccnc2)c2nccnc21.[Ir]. The van der Waals surface area contributed by atoms with Crippen molar-refractivity contribution in [3.05, 3.63) is 140 Å². The number of hydrogen-bond acceptors (Lipinski definition) is 9. The number of rotatable bonds is 8. The Labute approximate surface area is 293 Å². The van der Waals surface area contributed by atoms with Gasteiger partial charge in [-0.25, -0.2) is 9.97 Å². The van der Waals surface area contributed by atoms with E-state index in [1.807, 2.05) is 47.8 Å². The van der Waals surface area contributed by atoms with Crippen molar-refractivity contribution in [2.45, 2.75) is 40.5 Å². The van der Waals surface area contributed by atoms with E-state index in [1.54, 1.807) is 30.9 Å². The Morgan fingerprint density at radius 1 is 0.596 bits per heavy atom. The van der Waals surface area contributed by atoms with Crippen LogP contribution in [-0.2, 0) is 20.1 Å². The molecule has 0 aliphatic carbocycles. The van der Waals surface area contributed by atoms with Gasteiger partial charge in [-0.2, -0.15) is 86.1 Å². The van der Waals surface area contributed by atoms with E-state index in [4.69, 9.17) is 0 Å². The average Bonchev–Trinajstić information content (AvgIpc) is 3.70. The van der Waals surface area contributed by atoms with Gasteiger partial charge in [-0.1, -0.05) is 18.1 Å². The van der Waals surface area contributed by atoms with Gasteiger partial charge in [0.25, 0.3) is 0 Å². The van der Waals surface area contributed by atoms with Crippen molar-refractivity contribution in [1.82, 2.24) is 24.8 Å². The van der Waals surface area contributed by atoms with E-state index in [0.29, 0.717) is 0 Å². The predicted molar refractivity (Wildman–Crippen MR) is 183 cm³/mol. The van der Waals surface area contributed by atoms with Crippen molar-refractivity contribution in [3.8, 4) is 0 Å². The van der Waals surface area contributed by atoms with Crippen molar-refractivity contribution in [1.29, 1.82) is 0 Å². The van der Waals surface area contributed by atoms with Gasteiger partial charge in [0, 0.05) is 43.9 Å². The van der Waals surface area contributed by atoms with E-state index in [-0.39, 0.29) is 20.1 Å². The molecular formula is C37H39IrN9-6. The van der Waals surface area contributed by atoms with Gasteiger partial charge in [0.05, 0.1) is 0 Å². The van der Waals surface area contributed by atoms with Crippen LogP contribution in [-0.4, -0.2) is 44.9 Å². The van der Waals surface area contributed by atoms with Crippen LogP contribution in [0.4, 0.5) is 28.7 Å². The van der Waals surface area contributed by atoms with Gasteiger partial charge in [-0.3, -0.25) is 0 Å². The number of nitrogens with zero attached hydrogens (tertiary/aromatic N) is 9. The topological polar surface area (TPSA) is 58.1 Å². The van der Waals surface area contributed by atoms with Gasteiger partial charge in [0.2, 0.25) is 0 Å². The van der Waals surface area contributed by atoms with Gasteiger partial charge in [0.1, 0.15) is 11.6 Å². The summed E-state index contributed by atoms with van der Waals surface area (Å²) in [6.45, 7) is 17.1. The molecule has 0 saturated heterocycles. The molecule has 7 rings (SSSR count). The third-order valence-corrected chi connectivity index (χ3v) is 8.45. The van der Waals surface area contributed by atoms with Crippen LogP contribution < -0.4 is 19.6 Å². The van der Waals surface area contributed by atoms with Crippen LogP contribution in [0.1, 0.15) is 40.5 Å². The molecule has 247 valence electrons. The number of hydrogen-bond donors (Lipinski definition) is 0. The molecule has 5 heterocycles. The zero-order valence-electron chi connectivity index (χ0n) is 27.4. The number of anilines is 5. The summed E-state index contributed by atoms with van der Waals surface area (Å²) in [5.41, 5.74) is 8.23. The number of pyridine rings is 1. The first-order valence-corrected chi connectivity index (χ1v) is 15.5. The largest absolute Gasteiger partial charge is 0.505 e. The van der Waals surface area contributed by atoms with Gasteiger partial charge in [0.15, 0.2) is 0 Å². The average molecular weight is 802 g/mol. The van der Waals surface area contributed by atoms with Crippen LogP contribution in [0.15, 0.2) is 102 Å². The second kappa shape index (κ2) is 15.5. The third kappa shape index (κ3) is 7.45. The zero-order valence-corrected chi connectivity index (χ0v) is 29.8. The molecule has 3 aliphatic heterocycles. The van der Waals surface area contributed by atoms with Gasteiger partial charge in [-0.15, -0.1) is 18.0 Å². The Bertz CT molecular complexity index is 1590. The van der Waals surface area contributed by atoms with Crippen LogP contribution in [0.5, 0.6) is 0 Å². The first-order valence-electron chi connectivity index (χ1n) is 15.5. The maximum Gasteiger partial charge on any atom is 0.144 e. The van der Waals surface area contributed by atoms with Crippen molar-refractivity contribution < 1.29 is 20.1 Å². The summed E-state index contributed by atoms with van der Waals surface area (Å²) in [5, 5.41) is 0. The van der Waals surface area contributed by atoms with E-state index in [2.05, 4.69) is 118 Å². The van der Waals surface area contributed by atoms with E-state index in [0.717, 1.165) is 54.6 Å². The van der Waals surface area contributed by atoms with Crippen LogP contribution in [0, 0.1) is 38.2 Å². The molecule has 2 aromatic heterocycles. The standard InChI is InChI=1S/C26H30N4.C11H9N5.Ir/c1-21-23(3)29(25-13-7-5-8-14-25)19-27(21)17-11-12-18-28-20-30(24(4)22(28)2)26-15-9-6-10-16-26;1-15-8-16(9-3-2-4-12-7-9)11-10(15)13-5-6-14-11;/h5-10,13,15,19-20H,11-12,17-18H2,1-4H3;2,4-8H,1H3;/q-4;-2;. The van der Waals surface area contributed by atoms with Crippen LogP contribution in [0.25, 0.3) is 0 Å². The summed E-state index contributed by atoms with van der Waals surface area (Å²) in [7, 11) is 1.93. The zero-order chi connectivity index (χ0) is 32.0. The van der Waals surface area contributed by atoms with Gasteiger partial charge in [-0.05, 0) is 72.1 Å². The molecule has 0 unspecified atom stereocenters. The number of benzene rings is 2. The summed E-state index contributed by atoms with van der Waals surface area (Å²) >= 11 is 0. The second-order valence-electron chi connectivity index (χ2n) is 11.3. The molecule has 10 heteroatoms. The van der Waals surface area contributed by atoms with Crippen molar-refractivity contribution in [2.24, 2.45) is 0 Å². The van der Waals surface area contributed by atoms with E-state index in [9.17, 15) is 0 Å². The molecule has 0 saturated carbocycles. The van der Waals surface area contributed by atoms with Crippen LogP contribution >= 0.6 is 0 Å². The maximum absolute atomic E-state index is 4.31. The Morgan fingerprint density at radius 3 is 1.62 bits per heavy atom. The molecule has 2 aromatic carbocycles. The molecule has 9 nitrogen and oxygen atoms in total. The third-order valence-electron chi connectivity index (χ3n) is 8.45. The van der Waals surface area contributed by atoms with E-state index >= 15 is 0 Å². The van der Waals surface area contributed by atoms with Gasteiger partial charge < -0.3 is 34.4 Å². The monoisotopic (exact) mass is 802 g/mol. The van der Waals surface area contributed by atoms with Crippen LogP contribution in [0.3, 0.4) is 0 Å². The quantitative estimate of drug-likeness (QED) is 0.137. The first-order chi connectivity index (χ1) is 22.4. The number of fused-ring (bicyclic) bond motifs is 1. The van der Waals surface area contributed by atoms with E-state index < -0.39 is 0 Å². The number of para-hydroxylation sites is 2. The van der Waals surface area contributed by atoms with Crippen molar-refractivity contribution >= 4 is 28.7 Å². The Balaban J connectivity index is 0.000000214. The van der Waals surface area contributed by atoms with Crippen LogP contribution in [0.2, 0.25) is 0 Å². The summed E-state index contributed by atoms with van der Waals surface area (Å²) < 4.78 is 0. The fourth-order valence-electron chi connectivity index (χ4n) is 5.61. The summed E-state index contributed by atoms with van der Waals surface area (Å²) in [4.78, 5) is 25.7. The molecule has 0 amide bonds. The molecule has 0 atom stereocenters. The molecule has 0 bridgehead atoms. The van der Waals surface area contributed by atoms with Gasteiger partial charge >= 0.3 is 0 Å². The minimum atomic E-state index is 0. The number of unbranched alkanes of at least 4 members (excludes halogenated alkanes) is 1. The summed E-state index contributed by atoms with van der Waals surface area (Å²) in [6, 6.07) is 27.8. The number of allylic oxidation sites excluding steroid dienone is 4. The number of aromatic nitrogens is 3. The predicted octanol–water partition coefficient (Wildman–Crippen LogP) is 7.13. The maximum atomic E-state index is 4.31. The molecule has 1 radical (unpaired) electrons. The molecular weight excluding hydrogens is 763 g/mol. The molecule has 0 N–H and O–H groups in total. The first kappa shape index (κ1) is 33.9. The minimum absolute atomic E-state index is 0. The Kier molecular flexibility index (Phi) is 11.2. The van der Waals surface area contributed by atoms with E-state index in [1.165, 1.54) is 22.8 Å². The van der Waals surface area contributed by atoms with Crippen molar-refractivity contribution in [2.75, 3.05) is 39.7 Å². The molecule has 0 fully saturated rings. The second-order valence-corrected chi connectivity index (χ2v) is 11.3. The normalized spacial score (nSPS) is 15.7. The minimum Gasteiger partial charge on any atom is -0.505 e. The fraction of sp³-hybridized carbons (Fsp3) is 0.243.